The number of hydrogen-bond donors (Lipinski definition) is 1. The summed E-state index contributed by atoms with van der Waals surface area (Å²) in [5.41, 5.74) is 4.32. The van der Waals surface area contributed by atoms with Crippen LogP contribution in [0.1, 0.15) is 65.0 Å². The molecule has 35 heavy (non-hydrogen) atoms. The third kappa shape index (κ3) is 4.87. The highest BCUT2D eigenvalue weighted by molar-refractivity contribution is 7.99. The first-order chi connectivity index (χ1) is 16.9. The fraction of sp³-hybridized carbons (Fsp3) is 0.333. The Hall–Kier alpha value is -3.05. The summed E-state index contributed by atoms with van der Waals surface area (Å²) in [6.45, 7) is 7.02. The van der Waals surface area contributed by atoms with Crippen LogP contribution in [0.3, 0.4) is 0 Å². The zero-order valence-corrected chi connectivity index (χ0v) is 21.4. The van der Waals surface area contributed by atoms with Crippen molar-refractivity contribution in [3.63, 3.8) is 0 Å². The molecule has 0 spiro atoms. The van der Waals surface area contributed by atoms with Gasteiger partial charge in [-0.15, -0.1) is 0 Å². The van der Waals surface area contributed by atoms with E-state index in [1.165, 1.54) is 12.0 Å². The summed E-state index contributed by atoms with van der Waals surface area (Å²) < 4.78 is 0. The van der Waals surface area contributed by atoms with Gasteiger partial charge in [0.1, 0.15) is 0 Å². The first kappa shape index (κ1) is 23.7. The number of anilines is 1. The number of carbonyl (C=O) groups is 2. The monoisotopic (exact) mass is 484 g/mol. The zero-order chi connectivity index (χ0) is 24.5. The molecule has 1 N–H and O–H groups in total. The molecule has 4 nitrogen and oxygen atoms in total. The van der Waals surface area contributed by atoms with Crippen molar-refractivity contribution in [3.8, 4) is 0 Å². The van der Waals surface area contributed by atoms with Crippen LogP contribution in [0.4, 0.5) is 5.69 Å². The first-order valence-corrected chi connectivity index (χ1v) is 13.3. The van der Waals surface area contributed by atoms with Crippen molar-refractivity contribution in [1.29, 1.82) is 0 Å². The lowest BCUT2D eigenvalue weighted by Gasteiger charge is -2.34. The van der Waals surface area contributed by atoms with Gasteiger partial charge in [-0.05, 0) is 61.1 Å². The summed E-state index contributed by atoms with van der Waals surface area (Å²) >= 11 is 1.59. The molecule has 2 aliphatic rings. The molecule has 0 unspecified atom stereocenters. The van der Waals surface area contributed by atoms with Gasteiger partial charge in [0, 0.05) is 21.4 Å². The molecule has 0 radical (unpaired) electrons. The second-order valence-corrected chi connectivity index (χ2v) is 11.1. The summed E-state index contributed by atoms with van der Waals surface area (Å²) in [5.74, 6) is 0.963. The highest BCUT2D eigenvalue weighted by Crippen LogP contribution is 2.42. The standard InChI is InChI=1S/C30H32N2O2S/c1-19-11-13-22(14-12-19)18-32-26-17-23(29(33)31-25-9-6-7-20(2)21(25)3)15-16-28(26)35-27-10-5-4-8-24(27)30(32)34/h4-5,8,10-17,20-21,25H,6-7,9,18H2,1-3H3,(H,31,33)/t20-,21-,25+/m0/s1. The molecule has 0 bridgehead atoms. The van der Waals surface area contributed by atoms with Crippen LogP contribution in [0.2, 0.25) is 0 Å². The van der Waals surface area contributed by atoms with Crippen molar-refractivity contribution in [2.24, 2.45) is 11.8 Å². The van der Waals surface area contributed by atoms with Crippen LogP contribution in [0, 0.1) is 18.8 Å². The van der Waals surface area contributed by atoms with E-state index >= 15 is 0 Å². The normalized spacial score (nSPS) is 21.6. The fourth-order valence-electron chi connectivity index (χ4n) is 5.13. The Morgan fingerprint density at radius 3 is 2.57 bits per heavy atom. The van der Waals surface area contributed by atoms with Crippen molar-refractivity contribution < 1.29 is 9.59 Å². The minimum absolute atomic E-state index is 0.0419. The number of amides is 2. The number of aryl methyl sites for hydroxylation is 1. The summed E-state index contributed by atoms with van der Waals surface area (Å²) in [6, 6.07) is 22.0. The fourth-order valence-corrected chi connectivity index (χ4v) is 6.19. The molecule has 5 heteroatoms. The van der Waals surface area contributed by atoms with E-state index in [0.717, 1.165) is 33.9 Å². The summed E-state index contributed by atoms with van der Waals surface area (Å²) in [7, 11) is 0. The van der Waals surface area contributed by atoms with Gasteiger partial charge < -0.3 is 10.2 Å². The molecule has 1 heterocycles. The number of fused-ring (bicyclic) bond motifs is 2. The van der Waals surface area contributed by atoms with Crippen molar-refractivity contribution >= 4 is 29.3 Å². The molecule has 1 saturated carbocycles. The van der Waals surface area contributed by atoms with Crippen molar-refractivity contribution in [2.75, 3.05) is 4.90 Å². The summed E-state index contributed by atoms with van der Waals surface area (Å²) in [6.07, 6.45) is 3.39. The summed E-state index contributed by atoms with van der Waals surface area (Å²) in [5, 5.41) is 3.29. The minimum atomic E-state index is -0.0618. The number of rotatable bonds is 4. The van der Waals surface area contributed by atoms with Gasteiger partial charge in [-0.25, -0.2) is 0 Å². The van der Waals surface area contributed by atoms with E-state index in [2.05, 4.69) is 50.4 Å². The lowest BCUT2D eigenvalue weighted by Crippen LogP contribution is -2.43. The summed E-state index contributed by atoms with van der Waals surface area (Å²) in [4.78, 5) is 30.8. The third-order valence-electron chi connectivity index (χ3n) is 7.58. The maximum Gasteiger partial charge on any atom is 0.259 e. The topological polar surface area (TPSA) is 49.4 Å². The third-order valence-corrected chi connectivity index (χ3v) is 8.72. The Morgan fingerprint density at radius 1 is 1.00 bits per heavy atom. The SMILES string of the molecule is Cc1ccc(CN2C(=O)c3ccccc3Sc3ccc(C(=O)N[C@@H]4CCC[C@H](C)[C@@H]4C)cc32)cc1. The maximum atomic E-state index is 13.8. The predicted octanol–water partition coefficient (Wildman–Crippen LogP) is 6.86. The first-order valence-electron chi connectivity index (χ1n) is 12.5. The van der Waals surface area contributed by atoms with E-state index in [1.54, 1.807) is 11.8 Å². The predicted molar refractivity (Wildman–Crippen MR) is 142 cm³/mol. The molecule has 3 aromatic carbocycles. The molecule has 5 rings (SSSR count). The molecule has 0 saturated heterocycles. The van der Waals surface area contributed by atoms with Gasteiger partial charge in [-0.2, -0.15) is 0 Å². The molecule has 1 aliphatic carbocycles. The maximum absolute atomic E-state index is 13.8. The van der Waals surface area contributed by atoms with Crippen LogP contribution >= 0.6 is 11.8 Å². The van der Waals surface area contributed by atoms with Crippen molar-refractivity contribution in [2.45, 2.75) is 62.4 Å². The van der Waals surface area contributed by atoms with E-state index < -0.39 is 0 Å². The Morgan fingerprint density at radius 2 is 1.77 bits per heavy atom. The number of nitrogens with zero attached hydrogens (tertiary/aromatic N) is 1. The Bertz CT molecular complexity index is 1250. The largest absolute Gasteiger partial charge is 0.349 e. The van der Waals surface area contributed by atoms with E-state index in [-0.39, 0.29) is 17.9 Å². The molecule has 1 fully saturated rings. The van der Waals surface area contributed by atoms with Gasteiger partial charge in [-0.1, -0.05) is 80.4 Å². The lowest BCUT2D eigenvalue weighted by molar-refractivity contribution is 0.0889. The second-order valence-electron chi connectivity index (χ2n) is 10.0. The number of benzene rings is 3. The highest BCUT2D eigenvalue weighted by Gasteiger charge is 2.30. The number of carbonyl (C=O) groups excluding carboxylic acids is 2. The second kappa shape index (κ2) is 9.90. The number of nitrogens with one attached hydrogen (secondary N) is 1. The average Bonchev–Trinajstić information content (AvgIpc) is 2.97. The quantitative estimate of drug-likeness (QED) is 0.440. The van der Waals surface area contributed by atoms with E-state index in [4.69, 9.17) is 0 Å². The number of hydrogen-bond acceptors (Lipinski definition) is 3. The van der Waals surface area contributed by atoms with Gasteiger partial charge >= 0.3 is 0 Å². The van der Waals surface area contributed by atoms with Crippen molar-refractivity contribution in [1.82, 2.24) is 5.32 Å². The average molecular weight is 485 g/mol. The van der Waals surface area contributed by atoms with Crippen LogP contribution in [-0.2, 0) is 6.54 Å². The van der Waals surface area contributed by atoms with Crippen LogP contribution in [0.25, 0.3) is 0 Å². The van der Waals surface area contributed by atoms with Gasteiger partial charge in [0.2, 0.25) is 0 Å². The molecular formula is C30H32N2O2S. The van der Waals surface area contributed by atoms with Crippen LogP contribution in [0.15, 0.2) is 76.5 Å². The Balaban J connectivity index is 1.50. The van der Waals surface area contributed by atoms with Crippen LogP contribution in [-0.4, -0.2) is 17.9 Å². The molecule has 180 valence electrons. The smallest absolute Gasteiger partial charge is 0.259 e. The molecule has 3 aromatic rings. The van der Waals surface area contributed by atoms with Gasteiger partial charge in [0.05, 0.1) is 17.8 Å². The van der Waals surface area contributed by atoms with E-state index in [9.17, 15) is 9.59 Å². The molecule has 3 atom stereocenters. The highest BCUT2D eigenvalue weighted by atomic mass is 32.2. The Kier molecular flexibility index (Phi) is 6.70. The van der Waals surface area contributed by atoms with Gasteiger partial charge in [-0.3, -0.25) is 9.59 Å². The van der Waals surface area contributed by atoms with Crippen molar-refractivity contribution in [3.05, 3.63) is 89.0 Å². The van der Waals surface area contributed by atoms with E-state index in [0.29, 0.717) is 29.5 Å². The van der Waals surface area contributed by atoms with Crippen LogP contribution in [0.5, 0.6) is 0 Å². The molecule has 0 aromatic heterocycles. The zero-order valence-electron chi connectivity index (χ0n) is 20.6. The van der Waals surface area contributed by atoms with E-state index in [1.807, 2.05) is 47.4 Å². The van der Waals surface area contributed by atoms with Crippen LogP contribution < -0.4 is 10.2 Å². The molecular weight excluding hydrogens is 452 g/mol. The minimum Gasteiger partial charge on any atom is -0.349 e. The molecule has 1 aliphatic heterocycles. The Labute approximate surface area is 212 Å². The molecule has 2 amide bonds. The van der Waals surface area contributed by atoms with Gasteiger partial charge in [0.25, 0.3) is 11.8 Å². The lowest BCUT2D eigenvalue weighted by atomic mass is 9.78. The van der Waals surface area contributed by atoms with Gasteiger partial charge in [0.15, 0.2) is 0 Å².